The highest BCUT2D eigenvalue weighted by Gasteiger charge is 2.31. The maximum atomic E-state index is 11.6. The van der Waals surface area contributed by atoms with Gasteiger partial charge in [0.15, 0.2) is 0 Å². The summed E-state index contributed by atoms with van der Waals surface area (Å²) in [6.45, 7) is 7.63. The maximum absolute atomic E-state index is 11.6. The number of ether oxygens (including phenoxy) is 1. The van der Waals surface area contributed by atoms with Crippen LogP contribution in [0.2, 0.25) is 0 Å². The molecule has 2 aromatic rings. The van der Waals surface area contributed by atoms with Crippen molar-refractivity contribution < 1.29 is 9.53 Å². The summed E-state index contributed by atoms with van der Waals surface area (Å²) < 4.78 is 6.10. The van der Waals surface area contributed by atoms with Crippen molar-refractivity contribution in [3.8, 4) is 11.6 Å². The number of piperidine rings is 2. The van der Waals surface area contributed by atoms with E-state index in [1.807, 2.05) is 23.1 Å². The zero-order chi connectivity index (χ0) is 20.2. The number of likely N-dealkylation sites (tertiary alicyclic amines) is 2. The summed E-state index contributed by atoms with van der Waals surface area (Å²) in [5, 5.41) is 0. The molecule has 2 fully saturated rings. The van der Waals surface area contributed by atoms with Crippen LogP contribution in [-0.4, -0.2) is 57.9 Å². The van der Waals surface area contributed by atoms with E-state index in [1.54, 1.807) is 19.3 Å². The van der Waals surface area contributed by atoms with Crippen molar-refractivity contribution in [3.63, 3.8) is 0 Å². The van der Waals surface area contributed by atoms with Crippen molar-refractivity contribution >= 4 is 5.91 Å². The number of benzene rings is 1. The Hall–Kier alpha value is -2.47. The lowest BCUT2D eigenvalue weighted by Crippen LogP contribution is -2.48. The van der Waals surface area contributed by atoms with Crippen molar-refractivity contribution in [2.75, 3.05) is 26.2 Å². The molecule has 0 bridgehead atoms. The molecule has 0 radical (unpaired) electrons. The summed E-state index contributed by atoms with van der Waals surface area (Å²) >= 11 is 0. The summed E-state index contributed by atoms with van der Waals surface area (Å²) in [5.41, 5.74) is 2.14. The quantitative estimate of drug-likeness (QED) is 0.790. The highest BCUT2D eigenvalue weighted by Crippen LogP contribution is 2.34. The molecule has 1 aromatic heterocycles. The van der Waals surface area contributed by atoms with Crippen LogP contribution in [0.1, 0.15) is 49.8 Å². The van der Waals surface area contributed by atoms with Crippen LogP contribution in [-0.2, 0) is 4.79 Å². The van der Waals surface area contributed by atoms with E-state index in [1.165, 1.54) is 0 Å². The summed E-state index contributed by atoms with van der Waals surface area (Å²) in [4.78, 5) is 25.2. The average Bonchev–Trinajstić information content (AvgIpc) is 2.74. The maximum Gasteiger partial charge on any atom is 0.241 e. The number of aromatic nitrogens is 2. The number of hydrogen-bond donors (Lipinski definition) is 0. The van der Waals surface area contributed by atoms with E-state index in [9.17, 15) is 4.79 Å². The summed E-state index contributed by atoms with van der Waals surface area (Å²) in [7, 11) is 0. The predicted octanol–water partition coefficient (Wildman–Crippen LogP) is 3.77. The molecule has 1 amide bonds. The lowest BCUT2D eigenvalue weighted by atomic mass is 9.91. The summed E-state index contributed by atoms with van der Waals surface area (Å²) in [5.74, 6) is 2.01. The summed E-state index contributed by atoms with van der Waals surface area (Å²) in [6, 6.07) is 8.63. The first-order valence-corrected chi connectivity index (χ1v) is 10.6. The molecule has 4 rings (SSSR count). The summed E-state index contributed by atoms with van der Waals surface area (Å²) in [6.07, 6.45) is 7.76. The second kappa shape index (κ2) is 8.91. The molecule has 3 heterocycles. The van der Waals surface area contributed by atoms with Crippen molar-refractivity contribution in [3.05, 3.63) is 47.9 Å². The first-order valence-electron chi connectivity index (χ1n) is 10.6. The molecule has 6 heteroatoms. The lowest BCUT2D eigenvalue weighted by molar-refractivity contribution is -0.130. The first-order chi connectivity index (χ1) is 14.1. The fourth-order valence-corrected chi connectivity index (χ4v) is 4.57. The van der Waals surface area contributed by atoms with E-state index >= 15 is 0 Å². The van der Waals surface area contributed by atoms with Gasteiger partial charge in [0.05, 0.1) is 0 Å². The number of amides is 1. The Morgan fingerprint density at radius 3 is 2.45 bits per heavy atom. The van der Waals surface area contributed by atoms with Gasteiger partial charge in [-0.2, -0.15) is 0 Å². The van der Waals surface area contributed by atoms with Crippen molar-refractivity contribution in [1.82, 2.24) is 19.8 Å². The topological polar surface area (TPSA) is 58.6 Å². The van der Waals surface area contributed by atoms with Crippen molar-refractivity contribution in [2.45, 2.75) is 51.5 Å². The molecule has 1 aromatic carbocycles. The first kappa shape index (κ1) is 19.8. The van der Waals surface area contributed by atoms with Gasteiger partial charge in [-0.3, -0.25) is 9.78 Å². The number of aryl methyl sites for hydroxylation is 1. The minimum atomic E-state index is 0.200. The molecule has 0 aliphatic carbocycles. The lowest BCUT2D eigenvalue weighted by Gasteiger charge is -2.41. The Morgan fingerprint density at radius 1 is 1.03 bits per heavy atom. The normalized spacial score (nSPS) is 19.3. The van der Waals surface area contributed by atoms with Gasteiger partial charge in [-0.15, -0.1) is 0 Å². The van der Waals surface area contributed by atoms with Crippen LogP contribution in [0.4, 0.5) is 0 Å². The molecule has 29 heavy (non-hydrogen) atoms. The van der Waals surface area contributed by atoms with E-state index in [-0.39, 0.29) is 5.91 Å². The third-order valence-electron chi connectivity index (χ3n) is 6.24. The average molecular weight is 395 g/mol. The zero-order valence-corrected chi connectivity index (χ0v) is 17.4. The molecule has 0 saturated carbocycles. The molecule has 2 aliphatic heterocycles. The van der Waals surface area contributed by atoms with Crippen LogP contribution >= 0.6 is 0 Å². The van der Waals surface area contributed by atoms with E-state index in [0.29, 0.717) is 17.8 Å². The molecule has 2 aliphatic rings. The van der Waals surface area contributed by atoms with Crippen LogP contribution in [0.3, 0.4) is 0 Å². The Bertz CT molecular complexity index is 840. The Labute approximate surface area is 172 Å². The van der Waals surface area contributed by atoms with Gasteiger partial charge in [0.25, 0.3) is 0 Å². The monoisotopic (exact) mass is 394 g/mol. The number of rotatable bonds is 4. The zero-order valence-electron chi connectivity index (χ0n) is 17.4. The number of nitrogens with zero attached hydrogens (tertiary/aromatic N) is 4. The Kier molecular flexibility index (Phi) is 6.09. The van der Waals surface area contributed by atoms with Crippen LogP contribution < -0.4 is 4.74 Å². The largest absolute Gasteiger partial charge is 0.437 e. The van der Waals surface area contributed by atoms with Gasteiger partial charge in [0.2, 0.25) is 11.8 Å². The van der Waals surface area contributed by atoms with Gasteiger partial charge in [-0.05, 0) is 63.4 Å². The Morgan fingerprint density at radius 2 is 1.76 bits per heavy atom. The van der Waals surface area contributed by atoms with Crippen molar-refractivity contribution in [1.29, 1.82) is 0 Å². The van der Waals surface area contributed by atoms with Gasteiger partial charge >= 0.3 is 0 Å². The van der Waals surface area contributed by atoms with E-state index in [2.05, 4.69) is 27.9 Å². The second-order valence-electron chi connectivity index (χ2n) is 8.21. The molecule has 0 unspecified atom stereocenters. The van der Waals surface area contributed by atoms with Gasteiger partial charge in [0.1, 0.15) is 11.4 Å². The van der Waals surface area contributed by atoms with Gasteiger partial charge in [-0.1, -0.05) is 12.1 Å². The van der Waals surface area contributed by atoms with Crippen LogP contribution in [0.15, 0.2) is 36.7 Å². The molecule has 154 valence electrons. The van der Waals surface area contributed by atoms with Crippen LogP contribution in [0.25, 0.3) is 0 Å². The van der Waals surface area contributed by atoms with Crippen LogP contribution in [0, 0.1) is 6.92 Å². The molecule has 0 N–H and O–H groups in total. The highest BCUT2D eigenvalue weighted by atomic mass is 16.5. The van der Waals surface area contributed by atoms with Crippen LogP contribution in [0.5, 0.6) is 11.6 Å². The van der Waals surface area contributed by atoms with Gasteiger partial charge < -0.3 is 14.5 Å². The van der Waals surface area contributed by atoms with E-state index < -0.39 is 0 Å². The number of hydrogen-bond acceptors (Lipinski definition) is 5. The fraction of sp³-hybridized carbons (Fsp3) is 0.522. The molecule has 6 nitrogen and oxygen atoms in total. The van der Waals surface area contributed by atoms with Gasteiger partial charge in [-0.25, -0.2) is 4.98 Å². The molecule has 2 saturated heterocycles. The third kappa shape index (κ3) is 4.75. The third-order valence-corrected chi connectivity index (χ3v) is 6.24. The molecular formula is C23H30N4O2. The highest BCUT2D eigenvalue weighted by molar-refractivity contribution is 5.73. The van der Waals surface area contributed by atoms with E-state index in [0.717, 1.165) is 68.9 Å². The van der Waals surface area contributed by atoms with Crippen molar-refractivity contribution in [2.24, 2.45) is 0 Å². The minimum absolute atomic E-state index is 0.200. The smallest absolute Gasteiger partial charge is 0.241 e. The number of carbonyl (C=O) groups is 1. The Balaban J connectivity index is 1.37. The minimum Gasteiger partial charge on any atom is -0.437 e. The molecule has 0 atom stereocenters. The molecular weight excluding hydrogens is 364 g/mol. The standard InChI is InChI=1S/C23H30N4O2/c1-17-4-3-5-21(16-17)29-23-22(24-10-11-25-23)19-6-12-27(13-7-19)20-8-14-26(15-9-20)18(2)28/h3-5,10-11,16,19-20H,6-9,12-15H2,1-2H3. The SMILES string of the molecule is CC(=O)N1CCC(N2CCC(c3nccnc3Oc3cccc(C)c3)CC2)CC1. The fourth-order valence-electron chi connectivity index (χ4n) is 4.57. The second-order valence-corrected chi connectivity index (χ2v) is 8.21. The van der Waals surface area contributed by atoms with E-state index in [4.69, 9.17) is 4.74 Å². The predicted molar refractivity (Wildman–Crippen MR) is 112 cm³/mol. The van der Waals surface area contributed by atoms with Gasteiger partial charge in [0, 0.05) is 44.4 Å². The number of carbonyl (C=O) groups excluding carboxylic acids is 1. The molecule has 0 spiro atoms.